The summed E-state index contributed by atoms with van der Waals surface area (Å²) < 4.78 is 12.2. The second-order valence-corrected chi connectivity index (χ2v) is 6.70. The van der Waals surface area contributed by atoms with Crippen molar-refractivity contribution in [1.29, 1.82) is 0 Å². The smallest absolute Gasteiger partial charge is 0.400 e. The predicted molar refractivity (Wildman–Crippen MR) is 79.2 cm³/mol. The average molecular weight is 277 g/mol. The van der Waals surface area contributed by atoms with Crippen molar-refractivity contribution in [3.05, 3.63) is 39.8 Å². The number of fused-ring (bicyclic) bond motifs is 1. The maximum Gasteiger partial charge on any atom is 0.490 e. The van der Waals surface area contributed by atoms with Crippen LogP contribution in [-0.4, -0.2) is 18.3 Å². The van der Waals surface area contributed by atoms with Crippen LogP contribution in [0.3, 0.4) is 0 Å². The summed E-state index contributed by atoms with van der Waals surface area (Å²) in [7, 11) is -0.270. The van der Waals surface area contributed by atoms with Crippen LogP contribution in [0.5, 0.6) is 0 Å². The lowest BCUT2D eigenvalue weighted by molar-refractivity contribution is 0.00578. The highest BCUT2D eigenvalue weighted by Crippen LogP contribution is 2.41. The van der Waals surface area contributed by atoms with E-state index in [0.717, 1.165) is 16.9 Å². The molecule has 1 saturated heterocycles. The van der Waals surface area contributed by atoms with Crippen molar-refractivity contribution in [2.75, 3.05) is 0 Å². The normalized spacial score (nSPS) is 23.4. The van der Waals surface area contributed by atoms with Crippen LogP contribution in [-0.2, 0) is 15.7 Å². The number of rotatable bonds is 1. The Hall–Kier alpha value is -0.765. The third-order valence-corrected chi connectivity index (χ3v) is 4.79. The van der Waals surface area contributed by atoms with Gasteiger partial charge in [0.2, 0.25) is 0 Å². The molecular weight excluding hydrogens is 258 g/mol. The summed E-state index contributed by atoms with van der Waals surface area (Å²) in [4.78, 5) is 0. The van der Waals surface area contributed by atoms with E-state index >= 15 is 0 Å². The van der Waals surface area contributed by atoms with Crippen LogP contribution in [0, 0.1) is 0 Å². The molecule has 100 valence electrons. The molecule has 0 unspecified atom stereocenters. The first-order valence-electron chi connectivity index (χ1n) is 6.64. The average Bonchev–Trinajstić information content (AvgIpc) is 2.80. The van der Waals surface area contributed by atoms with Crippen LogP contribution in [0.2, 0.25) is 5.02 Å². The molecule has 1 aliphatic heterocycles. The Balaban J connectivity index is 1.87. The van der Waals surface area contributed by atoms with Gasteiger partial charge in [0, 0.05) is 5.02 Å². The molecule has 1 aromatic rings. The lowest BCUT2D eigenvalue weighted by Crippen LogP contribution is -2.41. The van der Waals surface area contributed by atoms with Crippen molar-refractivity contribution >= 4 is 24.8 Å². The third kappa shape index (κ3) is 2.04. The van der Waals surface area contributed by atoms with Gasteiger partial charge in [-0.3, -0.25) is 0 Å². The van der Waals surface area contributed by atoms with Crippen molar-refractivity contribution in [1.82, 2.24) is 0 Å². The first-order chi connectivity index (χ1) is 8.80. The molecule has 1 fully saturated rings. The van der Waals surface area contributed by atoms with Crippen LogP contribution in [0.4, 0.5) is 0 Å². The minimum Gasteiger partial charge on any atom is -0.400 e. The molecule has 0 saturated carbocycles. The highest BCUT2D eigenvalue weighted by atomic mass is 35.5. The molecule has 1 aromatic carbocycles. The minimum absolute atomic E-state index is 0.270. The van der Waals surface area contributed by atoms with E-state index in [9.17, 15) is 0 Å². The Bertz CT molecular complexity index is 547. The van der Waals surface area contributed by atoms with Crippen molar-refractivity contribution in [3.8, 4) is 0 Å². The molecule has 0 N–H and O–H groups in total. The van der Waals surface area contributed by atoms with Gasteiger partial charge in [-0.25, -0.2) is 0 Å². The molecule has 1 heterocycles. The molecule has 1 aliphatic carbocycles. The molecule has 0 spiro atoms. The molecule has 0 aromatic heterocycles. The number of hydrogen-bond acceptors (Lipinski definition) is 2. The molecule has 4 heteroatoms. The van der Waals surface area contributed by atoms with Crippen LogP contribution in [0.25, 0.3) is 6.08 Å². The number of hydrogen-bond donors (Lipinski definition) is 0. The Morgan fingerprint density at radius 1 is 1.11 bits per heavy atom. The first kappa shape index (κ1) is 13.2. The van der Waals surface area contributed by atoms with E-state index in [1.165, 1.54) is 11.1 Å². The van der Waals surface area contributed by atoms with Crippen molar-refractivity contribution in [3.63, 3.8) is 0 Å². The minimum atomic E-state index is -0.295. The van der Waals surface area contributed by atoms with Gasteiger partial charge in [-0.1, -0.05) is 29.8 Å². The number of allylic oxidation sites excluding steroid dienone is 1. The van der Waals surface area contributed by atoms with Crippen LogP contribution >= 0.6 is 11.6 Å². The predicted octanol–water partition coefficient (Wildman–Crippen LogP) is 3.91. The summed E-state index contributed by atoms with van der Waals surface area (Å²) in [6.07, 6.45) is 2.95. The van der Waals surface area contributed by atoms with Gasteiger partial charge >= 0.3 is 7.12 Å². The number of halogens is 1. The lowest BCUT2D eigenvalue weighted by atomic mass is 9.77. The van der Waals surface area contributed by atoms with Crippen LogP contribution < -0.4 is 0 Å². The standard InChI is InChI=1S/C15H18BClO2/c1-14(2)15(3,4)19-16(18-14)11-8-10-6-5-7-13(17)12(10)9-11/h5-8H,9H2,1-4H3. The Kier molecular flexibility index (Phi) is 2.86. The van der Waals surface area contributed by atoms with E-state index in [1.54, 1.807) is 0 Å². The molecule has 2 nitrogen and oxygen atoms in total. The van der Waals surface area contributed by atoms with E-state index in [0.29, 0.717) is 0 Å². The zero-order valence-electron chi connectivity index (χ0n) is 11.8. The Labute approximate surface area is 119 Å². The van der Waals surface area contributed by atoms with E-state index in [2.05, 4.69) is 39.8 Å². The van der Waals surface area contributed by atoms with Gasteiger partial charge in [-0.05, 0) is 56.8 Å². The van der Waals surface area contributed by atoms with Crippen molar-refractivity contribution in [2.24, 2.45) is 0 Å². The fraction of sp³-hybridized carbons (Fsp3) is 0.467. The highest BCUT2D eigenvalue weighted by molar-refractivity contribution is 6.56. The van der Waals surface area contributed by atoms with E-state index < -0.39 is 0 Å². The molecule has 0 amide bonds. The second kappa shape index (κ2) is 4.11. The maximum absolute atomic E-state index is 6.24. The summed E-state index contributed by atoms with van der Waals surface area (Å²) in [6, 6.07) is 5.99. The van der Waals surface area contributed by atoms with Gasteiger partial charge in [-0.15, -0.1) is 0 Å². The largest absolute Gasteiger partial charge is 0.490 e. The topological polar surface area (TPSA) is 18.5 Å². The van der Waals surface area contributed by atoms with Gasteiger partial charge in [-0.2, -0.15) is 0 Å². The molecule has 0 radical (unpaired) electrons. The van der Waals surface area contributed by atoms with E-state index in [1.807, 2.05) is 12.1 Å². The van der Waals surface area contributed by atoms with Crippen molar-refractivity contribution < 1.29 is 9.31 Å². The third-order valence-electron chi connectivity index (χ3n) is 4.43. The fourth-order valence-corrected chi connectivity index (χ4v) is 2.75. The van der Waals surface area contributed by atoms with Gasteiger partial charge in [0.1, 0.15) is 0 Å². The molecule has 19 heavy (non-hydrogen) atoms. The molecular formula is C15H18BClO2. The summed E-state index contributed by atoms with van der Waals surface area (Å²) in [6.45, 7) is 8.29. The summed E-state index contributed by atoms with van der Waals surface area (Å²) in [5.74, 6) is 0. The van der Waals surface area contributed by atoms with E-state index in [4.69, 9.17) is 20.9 Å². The number of benzene rings is 1. The monoisotopic (exact) mass is 276 g/mol. The van der Waals surface area contributed by atoms with Crippen molar-refractivity contribution in [2.45, 2.75) is 45.3 Å². The Morgan fingerprint density at radius 2 is 1.74 bits per heavy atom. The Morgan fingerprint density at radius 3 is 2.32 bits per heavy atom. The van der Waals surface area contributed by atoms with Crippen LogP contribution in [0.15, 0.2) is 23.7 Å². The van der Waals surface area contributed by atoms with Crippen LogP contribution in [0.1, 0.15) is 38.8 Å². The first-order valence-corrected chi connectivity index (χ1v) is 7.01. The zero-order chi connectivity index (χ0) is 13.8. The molecule has 3 rings (SSSR count). The molecule has 2 aliphatic rings. The molecule has 0 atom stereocenters. The van der Waals surface area contributed by atoms with Gasteiger partial charge < -0.3 is 9.31 Å². The molecule has 0 bridgehead atoms. The maximum atomic E-state index is 6.24. The highest BCUT2D eigenvalue weighted by Gasteiger charge is 2.52. The fourth-order valence-electron chi connectivity index (χ4n) is 2.50. The zero-order valence-corrected chi connectivity index (χ0v) is 12.5. The summed E-state index contributed by atoms with van der Waals surface area (Å²) in [5.41, 5.74) is 2.92. The van der Waals surface area contributed by atoms with Gasteiger partial charge in [0.25, 0.3) is 0 Å². The van der Waals surface area contributed by atoms with Gasteiger partial charge in [0.15, 0.2) is 0 Å². The summed E-state index contributed by atoms with van der Waals surface area (Å²) >= 11 is 6.24. The lowest BCUT2D eigenvalue weighted by Gasteiger charge is -2.32. The van der Waals surface area contributed by atoms with E-state index in [-0.39, 0.29) is 18.3 Å². The second-order valence-electron chi connectivity index (χ2n) is 6.29. The van der Waals surface area contributed by atoms with Gasteiger partial charge in [0.05, 0.1) is 11.2 Å². The summed E-state index contributed by atoms with van der Waals surface area (Å²) in [5, 5.41) is 0.820. The SMILES string of the molecule is CC1(C)OB(C2=Cc3cccc(Cl)c3C2)OC1(C)C. The quantitative estimate of drug-likeness (QED) is 0.724.